The molecule has 0 unspecified atom stereocenters. The number of nitrogen functional groups attached to an aromatic ring is 1. The van der Waals surface area contributed by atoms with E-state index in [1.54, 1.807) is 12.1 Å². The molecule has 0 saturated carbocycles. The summed E-state index contributed by atoms with van der Waals surface area (Å²) in [5.41, 5.74) is 12.6. The van der Waals surface area contributed by atoms with E-state index in [1.165, 1.54) is 0 Å². The molecule has 0 bridgehead atoms. The summed E-state index contributed by atoms with van der Waals surface area (Å²) in [5, 5.41) is 0. The van der Waals surface area contributed by atoms with Crippen LogP contribution in [0.5, 0.6) is 0 Å². The molecular weight excluding hydrogens is 267 g/mol. The van der Waals surface area contributed by atoms with Crippen LogP contribution >= 0.6 is 22.6 Å². The predicted octanol–water partition coefficient (Wildman–Crippen LogP) is 1.30. The maximum Gasteiger partial charge on any atom is 0.250 e. The first kappa shape index (κ1) is 9.31. The second-order valence-electron chi connectivity index (χ2n) is 2.42. The standard InChI is InChI=1S/C8H9IN2O/c9-4-5-1-2-7(10)6(3-5)8(11)12/h1-3H,4,10H2,(H2,11,12). The van der Waals surface area contributed by atoms with Gasteiger partial charge in [0, 0.05) is 10.1 Å². The van der Waals surface area contributed by atoms with Crippen LogP contribution in [0.2, 0.25) is 0 Å². The van der Waals surface area contributed by atoms with Crippen molar-refractivity contribution in [1.82, 2.24) is 0 Å². The Balaban J connectivity index is 3.17. The summed E-state index contributed by atoms with van der Waals surface area (Å²) in [6.07, 6.45) is 0. The van der Waals surface area contributed by atoms with Crippen LogP contribution in [-0.4, -0.2) is 5.91 Å². The highest BCUT2D eigenvalue weighted by Crippen LogP contribution is 2.15. The Morgan fingerprint density at radius 3 is 2.67 bits per heavy atom. The first-order valence-corrected chi connectivity index (χ1v) is 4.92. The van der Waals surface area contributed by atoms with Gasteiger partial charge in [-0.3, -0.25) is 4.79 Å². The van der Waals surface area contributed by atoms with Gasteiger partial charge in [0.15, 0.2) is 0 Å². The number of primary amides is 1. The number of benzene rings is 1. The molecule has 4 heteroatoms. The number of carbonyl (C=O) groups is 1. The van der Waals surface area contributed by atoms with E-state index in [4.69, 9.17) is 11.5 Å². The van der Waals surface area contributed by atoms with E-state index in [0.717, 1.165) is 9.99 Å². The van der Waals surface area contributed by atoms with E-state index in [2.05, 4.69) is 22.6 Å². The van der Waals surface area contributed by atoms with Gasteiger partial charge in [0.1, 0.15) is 0 Å². The molecule has 0 saturated heterocycles. The number of carbonyl (C=O) groups excluding carboxylic acids is 1. The Morgan fingerprint density at radius 1 is 1.50 bits per heavy atom. The third-order valence-corrected chi connectivity index (χ3v) is 2.42. The Hall–Kier alpha value is -0.780. The molecule has 4 N–H and O–H groups in total. The SMILES string of the molecule is NC(=O)c1cc(CI)ccc1N. The van der Waals surface area contributed by atoms with E-state index in [0.29, 0.717) is 11.3 Å². The molecule has 1 aromatic carbocycles. The van der Waals surface area contributed by atoms with Crippen molar-refractivity contribution >= 4 is 34.2 Å². The van der Waals surface area contributed by atoms with Gasteiger partial charge in [0.05, 0.1) is 5.56 Å². The molecule has 3 nitrogen and oxygen atoms in total. The van der Waals surface area contributed by atoms with Gasteiger partial charge in [-0.15, -0.1) is 0 Å². The highest BCUT2D eigenvalue weighted by Gasteiger charge is 2.05. The number of hydrogen-bond acceptors (Lipinski definition) is 2. The Bertz CT molecular complexity index is 312. The van der Waals surface area contributed by atoms with E-state index in [-0.39, 0.29) is 0 Å². The van der Waals surface area contributed by atoms with Crippen LogP contribution in [0.25, 0.3) is 0 Å². The van der Waals surface area contributed by atoms with Crippen LogP contribution < -0.4 is 11.5 Å². The molecule has 1 aromatic rings. The highest BCUT2D eigenvalue weighted by atomic mass is 127. The molecule has 0 aromatic heterocycles. The fraction of sp³-hybridized carbons (Fsp3) is 0.125. The Labute approximate surface area is 84.3 Å². The average Bonchev–Trinajstić information content (AvgIpc) is 2.05. The molecule has 0 atom stereocenters. The van der Waals surface area contributed by atoms with Gasteiger partial charge in [-0.2, -0.15) is 0 Å². The lowest BCUT2D eigenvalue weighted by Gasteiger charge is -2.02. The minimum absolute atomic E-state index is 0.407. The topological polar surface area (TPSA) is 69.1 Å². The van der Waals surface area contributed by atoms with Crippen LogP contribution in [0.1, 0.15) is 15.9 Å². The maximum atomic E-state index is 10.8. The van der Waals surface area contributed by atoms with Crippen LogP contribution in [0, 0.1) is 0 Å². The molecule has 1 amide bonds. The summed E-state index contributed by atoms with van der Waals surface area (Å²) in [7, 11) is 0. The number of hydrogen-bond donors (Lipinski definition) is 2. The van der Waals surface area contributed by atoms with Gasteiger partial charge >= 0.3 is 0 Å². The molecule has 0 fully saturated rings. The minimum Gasteiger partial charge on any atom is -0.398 e. The Morgan fingerprint density at radius 2 is 2.17 bits per heavy atom. The van der Waals surface area contributed by atoms with Crippen molar-refractivity contribution in [2.45, 2.75) is 4.43 Å². The third kappa shape index (κ3) is 1.88. The lowest BCUT2D eigenvalue weighted by molar-refractivity contribution is 0.100. The molecule has 0 spiro atoms. The lowest BCUT2D eigenvalue weighted by Crippen LogP contribution is -2.13. The number of nitrogens with two attached hydrogens (primary N) is 2. The van der Waals surface area contributed by atoms with Crippen LogP contribution in [0.15, 0.2) is 18.2 Å². The van der Waals surface area contributed by atoms with Crippen molar-refractivity contribution in [2.75, 3.05) is 5.73 Å². The maximum absolute atomic E-state index is 10.8. The number of rotatable bonds is 2. The summed E-state index contributed by atoms with van der Waals surface area (Å²) >= 11 is 2.21. The lowest BCUT2D eigenvalue weighted by atomic mass is 10.1. The van der Waals surface area contributed by atoms with Gasteiger partial charge < -0.3 is 11.5 Å². The largest absolute Gasteiger partial charge is 0.398 e. The molecule has 1 rings (SSSR count). The normalized spacial score (nSPS) is 9.75. The minimum atomic E-state index is -0.473. The van der Waals surface area contributed by atoms with Crippen molar-refractivity contribution < 1.29 is 4.79 Å². The van der Waals surface area contributed by atoms with Crippen LogP contribution in [0.3, 0.4) is 0 Å². The molecule has 0 radical (unpaired) electrons. The second kappa shape index (κ2) is 3.75. The van der Waals surface area contributed by atoms with Gasteiger partial charge in [-0.25, -0.2) is 0 Å². The molecule has 0 aliphatic heterocycles. The van der Waals surface area contributed by atoms with E-state index in [1.807, 2.05) is 6.07 Å². The molecule has 64 valence electrons. The van der Waals surface area contributed by atoms with E-state index in [9.17, 15) is 4.79 Å². The molecule has 12 heavy (non-hydrogen) atoms. The number of halogens is 1. The van der Waals surface area contributed by atoms with Crippen molar-refractivity contribution in [3.63, 3.8) is 0 Å². The second-order valence-corrected chi connectivity index (χ2v) is 3.18. The monoisotopic (exact) mass is 276 g/mol. The number of amides is 1. The fourth-order valence-corrected chi connectivity index (χ4v) is 1.37. The summed E-state index contributed by atoms with van der Waals surface area (Å²) in [6.45, 7) is 0. The van der Waals surface area contributed by atoms with Gasteiger partial charge in [0.2, 0.25) is 0 Å². The fourth-order valence-electron chi connectivity index (χ4n) is 0.900. The van der Waals surface area contributed by atoms with E-state index >= 15 is 0 Å². The quantitative estimate of drug-likeness (QED) is 0.485. The van der Waals surface area contributed by atoms with Gasteiger partial charge in [-0.05, 0) is 17.7 Å². The first-order valence-electron chi connectivity index (χ1n) is 3.39. The van der Waals surface area contributed by atoms with Crippen molar-refractivity contribution in [3.8, 4) is 0 Å². The number of anilines is 1. The molecular formula is C8H9IN2O. The van der Waals surface area contributed by atoms with Crippen LogP contribution in [0.4, 0.5) is 5.69 Å². The predicted molar refractivity (Wildman–Crippen MR) is 57.1 cm³/mol. The summed E-state index contributed by atoms with van der Waals surface area (Å²) in [5.74, 6) is -0.473. The van der Waals surface area contributed by atoms with Crippen molar-refractivity contribution in [1.29, 1.82) is 0 Å². The molecule has 0 aliphatic carbocycles. The van der Waals surface area contributed by atoms with Crippen LogP contribution in [-0.2, 0) is 4.43 Å². The van der Waals surface area contributed by atoms with Gasteiger partial charge in [-0.1, -0.05) is 28.7 Å². The smallest absolute Gasteiger partial charge is 0.250 e. The summed E-state index contributed by atoms with van der Waals surface area (Å²) in [6, 6.07) is 5.31. The Kier molecular flexibility index (Phi) is 2.91. The average molecular weight is 276 g/mol. The highest BCUT2D eigenvalue weighted by molar-refractivity contribution is 14.1. The number of alkyl halides is 1. The molecule has 0 heterocycles. The third-order valence-electron chi connectivity index (χ3n) is 1.54. The summed E-state index contributed by atoms with van der Waals surface area (Å²) in [4.78, 5) is 10.8. The zero-order chi connectivity index (χ0) is 9.14. The zero-order valence-electron chi connectivity index (χ0n) is 6.38. The van der Waals surface area contributed by atoms with Crippen molar-refractivity contribution in [3.05, 3.63) is 29.3 Å². The zero-order valence-corrected chi connectivity index (χ0v) is 8.54. The summed E-state index contributed by atoms with van der Waals surface area (Å²) < 4.78 is 0.846. The first-order chi connectivity index (χ1) is 5.65. The van der Waals surface area contributed by atoms with Crippen molar-refractivity contribution in [2.24, 2.45) is 5.73 Å². The van der Waals surface area contributed by atoms with E-state index < -0.39 is 5.91 Å². The molecule has 0 aliphatic rings. The van der Waals surface area contributed by atoms with Gasteiger partial charge in [0.25, 0.3) is 5.91 Å².